The molecule has 0 aromatic heterocycles. The molecule has 16 heavy (non-hydrogen) atoms. The molecule has 1 saturated carbocycles. The van der Waals surface area contributed by atoms with E-state index in [4.69, 9.17) is 9.47 Å². The number of ketones is 1. The third-order valence-corrected chi connectivity index (χ3v) is 3.12. The lowest BCUT2D eigenvalue weighted by Gasteiger charge is -2.26. The molecule has 2 fully saturated rings. The Morgan fingerprint density at radius 3 is 1.69 bits per heavy atom. The molecule has 2 rings (SSSR count). The lowest BCUT2D eigenvalue weighted by atomic mass is 9.79. The van der Waals surface area contributed by atoms with Gasteiger partial charge in [0, 0.05) is 0 Å². The van der Waals surface area contributed by atoms with Crippen molar-refractivity contribution in [2.24, 2.45) is 11.8 Å². The lowest BCUT2D eigenvalue weighted by molar-refractivity contribution is -0.159. The van der Waals surface area contributed by atoms with Crippen molar-refractivity contribution in [1.29, 1.82) is 0 Å². The Kier molecular flexibility index (Phi) is 3.22. The molecule has 0 unspecified atom stereocenters. The molecule has 2 aliphatic rings. The van der Waals surface area contributed by atoms with Gasteiger partial charge in [0.1, 0.15) is 0 Å². The monoisotopic (exact) mass is 226 g/mol. The van der Waals surface area contributed by atoms with Gasteiger partial charge in [0.05, 0.1) is 11.8 Å². The predicted octanol–water partition coefficient (Wildman–Crippen LogP) is 0.462. The molecule has 1 heterocycles. The zero-order chi connectivity index (χ0) is 11.5. The third-order valence-electron chi connectivity index (χ3n) is 3.12. The van der Waals surface area contributed by atoms with Gasteiger partial charge in [-0.1, -0.05) is 12.8 Å². The number of cyclic esters (lactones) is 2. The van der Waals surface area contributed by atoms with Crippen LogP contribution in [-0.4, -0.2) is 30.9 Å². The van der Waals surface area contributed by atoms with E-state index >= 15 is 0 Å². The van der Waals surface area contributed by atoms with E-state index in [0.717, 1.165) is 12.8 Å². The Balaban J connectivity index is 2.17. The van der Waals surface area contributed by atoms with Crippen LogP contribution in [0.4, 0.5) is 0 Å². The van der Waals surface area contributed by atoms with Crippen molar-refractivity contribution in [3.8, 4) is 0 Å². The van der Waals surface area contributed by atoms with Crippen LogP contribution in [0.2, 0.25) is 0 Å². The number of Topliss-reactive ketones (excluding diaryl/α,β-unsaturated/α-hetero) is 1. The molecule has 0 radical (unpaired) electrons. The number of esters is 2. The van der Waals surface area contributed by atoms with Gasteiger partial charge in [-0.3, -0.25) is 14.4 Å². The van der Waals surface area contributed by atoms with Crippen molar-refractivity contribution in [1.82, 2.24) is 0 Å². The first kappa shape index (κ1) is 11.1. The fourth-order valence-electron chi connectivity index (χ4n) is 2.25. The molecular formula is C11H14O5. The molecule has 1 aliphatic heterocycles. The highest BCUT2D eigenvalue weighted by atomic mass is 16.6. The number of ether oxygens (including phenoxy) is 2. The lowest BCUT2D eigenvalue weighted by Crippen LogP contribution is -2.34. The number of hydrogen-bond donors (Lipinski definition) is 0. The van der Waals surface area contributed by atoms with E-state index < -0.39 is 23.8 Å². The summed E-state index contributed by atoms with van der Waals surface area (Å²) in [6.45, 7) is -0.565. The first-order chi connectivity index (χ1) is 7.68. The second-order valence-electron chi connectivity index (χ2n) is 4.25. The molecule has 0 amide bonds. The van der Waals surface area contributed by atoms with Crippen LogP contribution in [0, 0.1) is 11.8 Å². The number of carbonyl (C=O) groups excluding carboxylic acids is 3. The van der Waals surface area contributed by atoms with Crippen molar-refractivity contribution < 1.29 is 23.9 Å². The molecule has 5 nitrogen and oxygen atoms in total. The van der Waals surface area contributed by atoms with E-state index in [1.807, 2.05) is 0 Å². The second-order valence-corrected chi connectivity index (χ2v) is 4.25. The van der Waals surface area contributed by atoms with Crippen LogP contribution < -0.4 is 0 Å². The molecule has 5 heteroatoms. The van der Waals surface area contributed by atoms with Crippen LogP contribution in [0.3, 0.4) is 0 Å². The summed E-state index contributed by atoms with van der Waals surface area (Å²) in [5, 5.41) is 0. The van der Waals surface area contributed by atoms with Gasteiger partial charge in [-0.05, 0) is 12.8 Å². The van der Waals surface area contributed by atoms with E-state index in [0.29, 0.717) is 12.8 Å². The highest BCUT2D eigenvalue weighted by Crippen LogP contribution is 2.32. The minimum Gasteiger partial charge on any atom is -0.457 e. The SMILES string of the molecule is O=C1COC(=O)[C@H]2CCCC[C@@H]2C(=O)OC1. The van der Waals surface area contributed by atoms with Gasteiger partial charge < -0.3 is 9.47 Å². The van der Waals surface area contributed by atoms with Crippen LogP contribution in [0.5, 0.6) is 0 Å². The Labute approximate surface area is 93.1 Å². The first-order valence-electron chi connectivity index (χ1n) is 5.53. The Morgan fingerprint density at radius 2 is 1.25 bits per heavy atom. The maximum Gasteiger partial charge on any atom is 0.310 e. The van der Waals surface area contributed by atoms with Gasteiger partial charge in [-0.25, -0.2) is 0 Å². The summed E-state index contributed by atoms with van der Waals surface area (Å²) < 4.78 is 9.74. The fraction of sp³-hybridized carbons (Fsp3) is 0.727. The van der Waals surface area contributed by atoms with E-state index in [1.54, 1.807) is 0 Å². The smallest absolute Gasteiger partial charge is 0.310 e. The minimum absolute atomic E-state index is 0.282. The first-order valence-corrected chi connectivity index (χ1v) is 5.53. The summed E-state index contributed by atoms with van der Waals surface area (Å²) in [5.74, 6) is -2.09. The van der Waals surface area contributed by atoms with E-state index in [-0.39, 0.29) is 19.0 Å². The van der Waals surface area contributed by atoms with Gasteiger partial charge >= 0.3 is 11.9 Å². The number of rotatable bonds is 0. The van der Waals surface area contributed by atoms with Crippen molar-refractivity contribution in [3.05, 3.63) is 0 Å². The summed E-state index contributed by atoms with van der Waals surface area (Å²) >= 11 is 0. The molecule has 0 aromatic rings. The zero-order valence-corrected chi connectivity index (χ0v) is 8.94. The summed E-state index contributed by atoms with van der Waals surface area (Å²) in [7, 11) is 0. The number of carbonyl (C=O) groups is 3. The summed E-state index contributed by atoms with van der Waals surface area (Å²) in [6, 6.07) is 0. The van der Waals surface area contributed by atoms with Crippen molar-refractivity contribution in [3.63, 3.8) is 0 Å². The van der Waals surface area contributed by atoms with Crippen molar-refractivity contribution in [2.75, 3.05) is 13.2 Å². The van der Waals surface area contributed by atoms with Crippen molar-refractivity contribution >= 4 is 17.7 Å². The van der Waals surface area contributed by atoms with Gasteiger partial charge in [0.15, 0.2) is 13.2 Å². The molecule has 0 spiro atoms. The molecule has 88 valence electrons. The molecule has 1 saturated heterocycles. The Bertz CT molecular complexity index is 292. The van der Waals surface area contributed by atoms with Gasteiger partial charge in [-0.15, -0.1) is 0 Å². The number of hydrogen-bond acceptors (Lipinski definition) is 5. The quantitative estimate of drug-likeness (QED) is 0.561. The van der Waals surface area contributed by atoms with Crippen LogP contribution in [-0.2, 0) is 23.9 Å². The average molecular weight is 226 g/mol. The highest BCUT2D eigenvalue weighted by Gasteiger charge is 2.39. The molecule has 1 aliphatic carbocycles. The Morgan fingerprint density at radius 1 is 0.812 bits per heavy atom. The van der Waals surface area contributed by atoms with Crippen LogP contribution in [0.1, 0.15) is 25.7 Å². The third kappa shape index (κ3) is 2.23. The summed E-state index contributed by atoms with van der Waals surface area (Å²) in [4.78, 5) is 34.5. The minimum atomic E-state index is -0.433. The van der Waals surface area contributed by atoms with E-state index in [9.17, 15) is 14.4 Å². The summed E-state index contributed by atoms with van der Waals surface area (Å²) in [6.07, 6.45) is 3.12. The van der Waals surface area contributed by atoms with E-state index in [2.05, 4.69) is 0 Å². The summed E-state index contributed by atoms with van der Waals surface area (Å²) in [5.41, 5.74) is 0. The average Bonchev–Trinajstić information content (AvgIpc) is 2.36. The normalized spacial score (nSPS) is 31.6. The van der Waals surface area contributed by atoms with Crippen LogP contribution in [0.15, 0.2) is 0 Å². The topological polar surface area (TPSA) is 69.7 Å². The largest absolute Gasteiger partial charge is 0.457 e. The van der Waals surface area contributed by atoms with Crippen LogP contribution >= 0.6 is 0 Å². The zero-order valence-electron chi connectivity index (χ0n) is 8.94. The molecule has 2 atom stereocenters. The highest BCUT2D eigenvalue weighted by molar-refractivity contribution is 5.89. The molecular weight excluding hydrogens is 212 g/mol. The molecule has 0 bridgehead atoms. The second kappa shape index (κ2) is 4.63. The van der Waals surface area contributed by atoms with Gasteiger partial charge in [-0.2, -0.15) is 0 Å². The standard InChI is InChI=1S/C11H14O5/c12-7-5-15-10(13)8-3-1-2-4-9(8)11(14)16-6-7/h8-9H,1-6H2/t8-,9-/m0/s1. The van der Waals surface area contributed by atoms with Crippen molar-refractivity contribution in [2.45, 2.75) is 25.7 Å². The maximum atomic E-state index is 11.7. The molecule has 0 aromatic carbocycles. The van der Waals surface area contributed by atoms with E-state index in [1.165, 1.54) is 0 Å². The van der Waals surface area contributed by atoms with Gasteiger partial charge in [0.25, 0.3) is 0 Å². The predicted molar refractivity (Wildman–Crippen MR) is 52.4 cm³/mol. The van der Waals surface area contributed by atoms with Gasteiger partial charge in [0.2, 0.25) is 5.78 Å². The van der Waals surface area contributed by atoms with Crippen LogP contribution in [0.25, 0.3) is 0 Å². The Hall–Kier alpha value is -1.39. The number of fused-ring (bicyclic) bond motifs is 1. The molecule has 0 N–H and O–H groups in total. The fourth-order valence-corrected chi connectivity index (χ4v) is 2.25. The maximum absolute atomic E-state index is 11.7.